The van der Waals surface area contributed by atoms with Crippen molar-refractivity contribution in [2.75, 3.05) is 11.6 Å². The molecule has 1 N–H and O–H groups in total. The average molecular weight is 239 g/mol. The van der Waals surface area contributed by atoms with Crippen LogP contribution in [0.3, 0.4) is 0 Å². The third-order valence-electron chi connectivity index (χ3n) is 2.33. The highest BCUT2D eigenvalue weighted by Gasteiger charge is 2.16. The molecule has 0 bridgehead atoms. The third-order valence-corrected chi connectivity index (χ3v) is 3.23. The molecule has 0 saturated heterocycles. The first-order chi connectivity index (χ1) is 7.34. The summed E-state index contributed by atoms with van der Waals surface area (Å²) in [5, 5.41) is 2.60. The van der Waals surface area contributed by atoms with Gasteiger partial charge in [0.2, 0.25) is 6.41 Å². The minimum Gasteiger partial charge on any atom is -0.329 e. The highest BCUT2D eigenvalue weighted by Crippen LogP contribution is 2.27. The molecular weight excluding hydrogens is 222 g/mol. The van der Waals surface area contributed by atoms with Crippen LogP contribution in [-0.2, 0) is 21.0 Å². The maximum atomic E-state index is 11.5. The minimum absolute atomic E-state index is 0.0330. The van der Waals surface area contributed by atoms with Gasteiger partial charge in [-0.1, -0.05) is 20.8 Å². The van der Waals surface area contributed by atoms with E-state index in [-0.39, 0.29) is 5.41 Å². The highest BCUT2D eigenvalue weighted by atomic mass is 32.2. The van der Waals surface area contributed by atoms with E-state index in [1.165, 1.54) is 0 Å². The van der Waals surface area contributed by atoms with Gasteiger partial charge in [0.05, 0.1) is 0 Å². The molecule has 1 atom stereocenters. The predicted molar refractivity (Wildman–Crippen MR) is 67.2 cm³/mol. The summed E-state index contributed by atoms with van der Waals surface area (Å²) in [5.41, 5.74) is 1.71. The molecule has 0 saturated carbocycles. The summed E-state index contributed by atoms with van der Waals surface area (Å²) in [7, 11) is -1.04. The monoisotopic (exact) mass is 239 g/mol. The Kier molecular flexibility index (Phi) is 3.86. The van der Waals surface area contributed by atoms with Gasteiger partial charge in [0.25, 0.3) is 0 Å². The second-order valence-electron chi connectivity index (χ2n) is 4.71. The number of hydrogen-bond donors (Lipinski definition) is 1. The molecule has 0 heterocycles. The molecule has 3 nitrogen and oxygen atoms in total. The van der Waals surface area contributed by atoms with Crippen molar-refractivity contribution in [3.05, 3.63) is 23.8 Å². The molecule has 1 amide bonds. The summed E-state index contributed by atoms with van der Waals surface area (Å²) in [4.78, 5) is 11.2. The molecule has 0 aliphatic carbocycles. The summed E-state index contributed by atoms with van der Waals surface area (Å²) in [6.07, 6.45) is 2.26. The SMILES string of the molecule is CS(=O)c1cc(NC=O)cc(C(C)(C)C)c1. The van der Waals surface area contributed by atoms with E-state index in [0.29, 0.717) is 12.1 Å². The van der Waals surface area contributed by atoms with Crippen molar-refractivity contribution in [3.63, 3.8) is 0 Å². The summed E-state index contributed by atoms with van der Waals surface area (Å²) < 4.78 is 11.5. The van der Waals surface area contributed by atoms with Gasteiger partial charge in [0.1, 0.15) is 0 Å². The number of carbonyl (C=O) groups excluding carboxylic acids is 1. The number of carbonyl (C=O) groups is 1. The Bertz CT molecular complexity index is 422. The van der Waals surface area contributed by atoms with Gasteiger partial charge >= 0.3 is 0 Å². The number of benzene rings is 1. The van der Waals surface area contributed by atoms with Crippen LogP contribution in [0.1, 0.15) is 26.3 Å². The smallest absolute Gasteiger partial charge is 0.211 e. The zero-order chi connectivity index (χ0) is 12.3. The Morgan fingerprint density at radius 2 is 1.88 bits per heavy atom. The van der Waals surface area contributed by atoms with E-state index in [2.05, 4.69) is 26.1 Å². The fourth-order valence-corrected chi connectivity index (χ4v) is 1.94. The maximum Gasteiger partial charge on any atom is 0.211 e. The Balaban J connectivity index is 3.29. The first-order valence-corrected chi connectivity index (χ1v) is 6.59. The number of hydrogen-bond acceptors (Lipinski definition) is 2. The van der Waals surface area contributed by atoms with Crippen LogP contribution in [0.2, 0.25) is 0 Å². The second-order valence-corrected chi connectivity index (χ2v) is 6.09. The molecule has 0 aromatic heterocycles. The van der Waals surface area contributed by atoms with Crippen LogP contribution in [-0.4, -0.2) is 16.9 Å². The summed E-state index contributed by atoms with van der Waals surface area (Å²) >= 11 is 0. The van der Waals surface area contributed by atoms with Gasteiger partial charge in [0.15, 0.2) is 0 Å². The van der Waals surface area contributed by atoms with Crippen molar-refractivity contribution in [1.82, 2.24) is 0 Å². The molecule has 0 radical (unpaired) electrons. The molecule has 1 unspecified atom stereocenters. The van der Waals surface area contributed by atoms with Crippen LogP contribution in [0.4, 0.5) is 5.69 Å². The molecule has 16 heavy (non-hydrogen) atoms. The van der Waals surface area contributed by atoms with E-state index in [9.17, 15) is 9.00 Å². The van der Waals surface area contributed by atoms with E-state index >= 15 is 0 Å². The lowest BCUT2D eigenvalue weighted by atomic mass is 9.87. The highest BCUT2D eigenvalue weighted by molar-refractivity contribution is 7.84. The van der Waals surface area contributed by atoms with Crippen LogP contribution in [0.15, 0.2) is 23.1 Å². The first-order valence-electron chi connectivity index (χ1n) is 5.04. The fraction of sp³-hybridized carbons (Fsp3) is 0.417. The van der Waals surface area contributed by atoms with Crippen molar-refractivity contribution in [3.8, 4) is 0 Å². The lowest BCUT2D eigenvalue weighted by Crippen LogP contribution is -2.12. The minimum atomic E-state index is -1.04. The largest absolute Gasteiger partial charge is 0.329 e. The zero-order valence-corrected chi connectivity index (χ0v) is 10.9. The van der Waals surface area contributed by atoms with Gasteiger partial charge in [-0.25, -0.2) is 0 Å². The lowest BCUT2D eigenvalue weighted by molar-refractivity contribution is -0.105. The van der Waals surface area contributed by atoms with Gasteiger partial charge in [-0.05, 0) is 29.2 Å². The number of nitrogens with one attached hydrogen (secondary N) is 1. The second kappa shape index (κ2) is 4.78. The maximum absolute atomic E-state index is 11.5. The van der Waals surface area contributed by atoms with E-state index < -0.39 is 10.8 Å². The summed E-state index contributed by atoms with van der Waals surface area (Å²) in [6.45, 7) is 6.24. The molecule has 4 heteroatoms. The van der Waals surface area contributed by atoms with E-state index in [4.69, 9.17) is 0 Å². The summed E-state index contributed by atoms with van der Waals surface area (Å²) in [6, 6.07) is 5.57. The molecule has 1 aromatic rings. The van der Waals surface area contributed by atoms with E-state index in [1.54, 1.807) is 12.3 Å². The van der Waals surface area contributed by atoms with Crippen molar-refractivity contribution >= 4 is 22.9 Å². The molecule has 0 aliphatic rings. The van der Waals surface area contributed by atoms with Crippen LogP contribution in [0.5, 0.6) is 0 Å². The van der Waals surface area contributed by atoms with Gasteiger partial charge < -0.3 is 5.32 Å². The fourth-order valence-electron chi connectivity index (χ4n) is 1.35. The molecule has 1 rings (SSSR count). The van der Waals surface area contributed by atoms with Crippen LogP contribution < -0.4 is 5.32 Å². The van der Waals surface area contributed by atoms with Gasteiger partial charge in [-0.15, -0.1) is 0 Å². The number of anilines is 1. The van der Waals surface area contributed by atoms with Crippen molar-refractivity contribution < 1.29 is 9.00 Å². The molecule has 0 aliphatic heterocycles. The van der Waals surface area contributed by atoms with Gasteiger partial charge in [0, 0.05) is 27.6 Å². The first kappa shape index (κ1) is 12.9. The quantitative estimate of drug-likeness (QED) is 0.823. The standard InChI is InChI=1S/C12H17NO2S/c1-12(2,3)9-5-10(13-8-14)7-11(6-9)16(4)15/h5-8H,1-4H3,(H,13,14). The average Bonchev–Trinajstić information content (AvgIpc) is 2.16. The molecule has 0 spiro atoms. The van der Waals surface area contributed by atoms with Crippen LogP contribution in [0, 0.1) is 0 Å². The van der Waals surface area contributed by atoms with E-state index in [0.717, 1.165) is 10.5 Å². The van der Waals surface area contributed by atoms with Crippen molar-refractivity contribution in [2.24, 2.45) is 0 Å². The van der Waals surface area contributed by atoms with Crippen LogP contribution >= 0.6 is 0 Å². The van der Waals surface area contributed by atoms with Crippen molar-refractivity contribution in [1.29, 1.82) is 0 Å². The molecule has 0 fully saturated rings. The molecular formula is C12H17NO2S. The Morgan fingerprint density at radius 1 is 1.25 bits per heavy atom. The Morgan fingerprint density at radius 3 is 2.31 bits per heavy atom. The van der Waals surface area contributed by atoms with Gasteiger partial charge in [-0.2, -0.15) is 0 Å². The molecule has 1 aromatic carbocycles. The van der Waals surface area contributed by atoms with Crippen molar-refractivity contribution in [2.45, 2.75) is 31.1 Å². The third kappa shape index (κ3) is 3.17. The summed E-state index contributed by atoms with van der Waals surface area (Å²) in [5.74, 6) is 0. The number of amides is 1. The topological polar surface area (TPSA) is 46.2 Å². The van der Waals surface area contributed by atoms with Gasteiger partial charge in [-0.3, -0.25) is 9.00 Å². The lowest BCUT2D eigenvalue weighted by Gasteiger charge is -2.20. The predicted octanol–water partition coefficient (Wildman–Crippen LogP) is 2.29. The molecule has 88 valence electrons. The van der Waals surface area contributed by atoms with E-state index in [1.807, 2.05) is 12.1 Å². The van der Waals surface area contributed by atoms with Crippen LogP contribution in [0.25, 0.3) is 0 Å². The normalized spacial score (nSPS) is 13.2. The number of rotatable bonds is 3. The zero-order valence-electron chi connectivity index (χ0n) is 10.0. The Labute approximate surface area is 98.7 Å². The Hall–Kier alpha value is -1.16.